The summed E-state index contributed by atoms with van der Waals surface area (Å²) in [7, 11) is 1.70. The van der Waals surface area contributed by atoms with Crippen LogP contribution >= 0.6 is 0 Å². The third kappa shape index (κ3) is 2.15. The molecule has 0 bridgehead atoms. The van der Waals surface area contributed by atoms with Crippen LogP contribution in [0.3, 0.4) is 0 Å². The molecule has 1 saturated heterocycles. The van der Waals surface area contributed by atoms with Crippen LogP contribution in [0.15, 0.2) is 24.3 Å². The fraction of sp³-hybridized carbons (Fsp3) is 0.538. The molecule has 82 valence electrons. The van der Waals surface area contributed by atoms with Gasteiger partial charge in [-0.3, -0.25) is 0 Å². The molecule has 0 radical (unpaired) electrons. The SMILES string of the molecule is CCC1(Cc2ccc(OC)cc2)COC1. The number of hydrogen-bond acceptors (Lipinski definition) is 2. The van der Waals surface area contributed by atoms with Gasteiger partial charge in [-0.2, -0.15) is 0 Å². The van der Waals surface area contributed by atoms with E-state index >= 15 is 0 Å². The zero-order chi connectivity index (χ0) is 10.7. The van der Waals surface area contributed by atoms with Gasteiger partial charge in [0.25, 0.3) is 0 Å². The lowest BCUT2D eigenvalue weighted by Crippen LogP contribution is -2.43. The van der Waals surface area contributed by atoms with Gasteiger partial charge in [0, 0.05) is 5.41 Å². The van der Waals surface area contributed by atoms with Crippen LogP contribution < -0.4 is 4.74 Å². The molecule has 1 aliphatic heterocycles. The first-order valence-electron chi connectivity index (χ1n) is 5.49. The van der Waals surface area contributed by atoms with Crippen LogP contribution in [0.25, 0.3) is 0 Å². The van der Waals surface area contributed by atoms with E-state index in [-0.39, 0.29) is 0 Å². The van der Waals surface area contributed by atoms with Crippen molar-refractivity contribution in [2.45, 2.75) is 19.8 Å². The molecular formula is C13H18O2. The van der Waals surface area contributed by atoms with Crippen LogP contribution in [-0.4, -0.2) is 20.3 Å². The van der Waals surface area contributed by atoms with Gasteiger partial charge in [-0.15, -0.1) is 0 Å². The summed E-state index contributed by atoms with van der Waals surface area (Å²) in [5.74, 6) is 0.925. The molecule has 1 fully saturated rings. The summed E-state index contributed by atoms with van der Waals surface area (Å²) in [6.45, 7) is 4.07. The fourth-order valence-corrected chi connectivity index (χ4v) is 2.00. The zero-order valence-electron chi connectivity index (χ0n) is 9.45. The van der Waals surface area contributed by atoms with Crippen LogP contribution in [-0.2, 0) is 11.2 Å². The number of benzene rings is 1. The minimum absolute atomic E-state index is 0.397. The topological polar surface area (TPSA) is 18.5 Å². The van der Waals surface area contributed by atoms with Crippen LogP contribution in [0.1, 0.15) is 18.9 Å². The van der Waals surface area contributed by atoms with Gasteiger partial charge >= 0.3 is 0 Å². The van der Waals surface area contributed by atoms with Gasteiger partial charge in [0.2, 0.25) is 0 Å². The van der Waals surface area contributed by atoms with E-state index < -0.39 is 0 Å². The van der Waals surface area contributed by atoms with Gasteiger partial charge < -0.3 is 9.47 Å². The summed E-state index contributed by atoms with van der Waals surface area (Å²) in [5.41, 5.74) is 1.77. The maximum atomic E-state index is 5.32. The Bertz CT molecular complexity index is 306. The first-order chi connectivity index (χ1) is 7.28. The first kappa shape index (κ1) is 10.5. The summed E-state index contributed by atoms with van der Waals surface area (Å²) >= 11 is 0. The van der Waals surface area contributed by atoms with Crippen molar-refractivity contribution in [1.29, 1.82) is 0 Å². The van der Waals surface area contributed by atoms with Gasteiger partial charge in [0.15, 0.2) is 0 Å². The Labute approximate surface area is 91.2 Å². The minimum Gasteiger partial charge on any atom is -0.497 e. The highest BCUT2D eigenvalue weighted by molar-refractivity contribution is 5.28. The lowest BCUT2D eigenvalue weighted by atomic mass is 9.77. The largest absolute Gasteiger partial charge is 0.497 e. The molecule has 1 aromatic rings. The van der Waals surface area contributed by atoms with E-state index in [1.165, 1.54) is 12.0 Å². The number of rotatable bonds is 4. The van der Waals surface area contributed by atoms with E-state index in [1.54, 1.807) is 7.11 Å². The Balaban J connectivity index is 2.03. The van der Waals surface area contributed by atoms with Crippen LogP contribution in [0.2, 0.25) is 0 Å². The Kier molecular flexibility index (Phi) is 2.96. The summed E-state index contributed by atoms with van der Waals surface area (Å²) in [4.78, 5) is 0. The Morgan fingerprint density at radius 1 is 1.27 bits per heavy atom. The monoisotopic (exact) mass is 206 g/mol. The summed E-state index contributed by atoms with van der Waals surface area (Å²) < 4.78 is 10.5. The van der Waals surface area contributed by atoms with E-state index in [2.05, 4.69) is 19.1 Å². The molecule has 2 heteroatoms. The number of hydrogen-bond donors (Lipinski definition) is 0. The average Bonchev–Trinajstić information content (AvgIpc) is 2.24. The standard InChI is InChI=1S/C13H18O2/c1-3-13(9-15-10-13)8-11-4-6-12(14-2)7-5-11/h4-7H,3,8-10H2,1-2H3. The highest BCUT2D eigenvalue weighted by atomic mass is 16.5. The molecule has 2 rings (SSSR count). The van der Waals surface area contributed by atoms with Crippen molar-refractivity contribution in [2.24, 2.45) is 5.41 Å². The van der Waals surface area contributed by atoms with Gasteiger partial charge in [-0.05, 0) is 30.5 Å². The van der Waals surface area contributed by atoms with Crippen molar-refractivity contribution in [3.05, 3.63) is 29.8 Å². The van der Waals surface area contributed by atoms with Crippen molar-refractivity contribution < 1.29 is 9.47 Å². The second kappa shape index (κ2) is 4.23. The second-order valence-electron chi connectivity index (χ2n) is 4.37. The van der Waals surface area contributed by atoms with Crippen LogP contribution in [0.4, 0.5) is 0 Å². The number of methoxy groups -OCH3 is 1. The molecule has 2 nitrogen and oxygen atoms in total. The van der Waals surface area contributed by atoms with Crippen molar-refractivity contribution in [3.8, 4) is 5.75 Å². The van der Waals surface area contributed by atoms with Gasteiger partial charge in [0.1, 0.15) is 5.75 Å². The maximum absolute atomic E-state index is 5.32. The minimum atomic E-state index is 0.397. The molecule has 1 aliphatic rings. The molecular weight excluding hydrogens is 188 g/mol. The Morgan fingerprint density at radius 2 is 1.93 bits per heavy atom. The van der Waals surface area contributed by atoms with Crippen molar-refractivity contribution in [3.63, 3.8) is 0 Å². The van der Waals surface area contributed by atoms with E-state index in [0.29, 0.717) is 5.41 Å². The lowest BCUT2D eigenvalue weighted by Gasteiger charge is -2.41. The van der Waals surface area contributed by atoms with Gasteiger partial charge in [0.05, 0.1) is 20.3 Å². The smallest absolute Gasteiger partial charge is 0.118 e. The van der Waals surface area contributed by atoms with Gasteiger partial charge in [-0.1, -0.05) is 19.1 Å². The Morgan fingerprint density at radius 3 is 2.33 bits per heavy atom. The quantitative estimate of drug-likeness (QED) is 0.754. The summed E-state index contributed by atoms with van der Waals surface area (Å²) in [6.07, 6.45) is 2.31. The molecule has 0 aliphatic carbocycles. The normalized spacial score (nSPS) is 18.3. The predicted octanol–water partition coefficient (Wildman–Crippen LogP) is 2.66. The zero-order valence-corrected chi connectivity index (χ0v) is 9.45. The van der Waals surface area contributed by atoms with Crippen molar-refractivity contribution in [2.75, 3.05) is 20.3 Å². The molecule has 0 aromatic heterocycles. The van der Waals surface area contributed by atoms with Crippen molar-refractivity contribution >= 4 is 0 Å². The molecule has 0 unspecified atom stereocenters. The predicted molar refractivity (Wildman–Crippen MR) is 60.2 cm³/mol. The third-order valence-corrected chi connectivity index (χ3v) is 3.30. The molecule has 1 aromatic carbocycles. The molecule has 0 amide bonds. The Hall–Kier alpha value is -1.02. The molecule has 0 saturated carbocycles. The summed E-state index contributed by atoms with van der Waals surface area (Å²) in [6, 6.07) is 8.35. The summed E-state index contributed by atoms with van der Waals surface area (Å²) in [5, 5.41) is 0. The first-order valence-corrected chi connectivity index (χ1v) is 5.49. The van der Waals surface area contributed by atoms with E-state index in [4.69, 9.17) is 9.47 Å². The third-order valence-electron chi connectivity index (χ3n) is 3.30. The fourth-order valence-electron chi connectivity index (χ4n) is 2.00. The second-order valence-corrected chi connectivity index (χ2v) is 4.37. The van der Waals surface area contributed by atoms with E-state index in [1.807, 2.05) is 12.1 Å². The van der Waals surface area contributed by atoms with Crippen molar-refractivity contribution in [1.82, 2.24) is 0 Å². The highest BCUT2D eigenvalue weighted by Crippen LogP contribution is 2.35. The molecule has 0 spiro atoms. The number of ether oxygens (including phenoxy) is 2. The van der Waals surface area contributed by atoms with E-state index in [0.717, 1.165) is 25.4 Å². The van der Waals surface area contributed by atoms with Gasteiger partial charge in [-0.25, -0.2) is 0 Å². The van der Waals surface area contributed by atoms with Crippen LogP contribution in [0.5, 0.6) is 5.75 Å². The molecule has 15 heavy (non-hydrogen) atoms. The lowest BCUT2D eigenvalue weighted by molar-refractivity contribution is -0.114. The highest BCUT2D eigenvalue weighted by Gasteiger charge is 2.36. The molecule has 0 atom stereocenters. The maximum Gasteiger partial charge on any atom is 0.118 e. The van der Waals surface area contributed by atoms with Crippen LogP contribution in [0, 0.1) is 5.41 Å². The van der Waals surface area contributed by atoms with E-state index in [9.17, 15) is 0 Å². The molecule has 0 N–H and O–H groups in total. The molecule has 1 heterocycles. The average molecular weight is 206 g/mol.